The molecule has 1 N–H and O–H groups in total. The van der Waals surface area contributed by atoms with Crippen molar-refractivity contribution >= 4 is 23.6 Å². The summed E-state index contributed by atoms with van der Waals surface area (Å²) < 4.78 is 5.20. The van der Waals surface area contributed by atoms with Gasteiger partial charge in [0.2, 0.25) is 11.8 Å². The van der Waals surface area contributed by atoms with E-state index in [1.54, 1.807) is 30.7 Å². The number of methoxy groups -OCH3 is 1. The molecule has 2 aromatic carbocycles. The van der Waals surface area contributed by atoms with Crippen LogP contribution in [0.5, 0.6) is 5.75 Å². The van der Waals surface area contributed by atoms with E-state index in [0.29, 0.717) is 18.8 Å². The van der Waals surface area contributed by atoms with Crippen LogP contribution in [0.1, 0.15) is 31.4 Å². The number of thioether (sulfide) groups is 1. The molecule has 2 rings (SSSR count). The SMILES string of the molecule is CCCNC(=O)[C@@H](C)N(Cc1ccc(OC)cc1)C(=O)CSCc1ccccc1. The highest BCUT2D eigenvalue weighted by Gasteiger charge is 2.25. The van der Waals surface area contributed by atoms with Crippen LogP contribution < -0.4 is 10.1 Å². The van der Waals surface area contributed by atoms with Crippen LogP contribution in [0.25, 0.3) is 0 Å². The molecular formula is C23H30N2O3S. The second kappa shape index (κ2) is 12.2. The number of nitrogens with zero attached hydrogens (tertiary/aromatic N) is 1. The minimum atomic E-state index is -0.534. The maximum absolute atomic E-state index is 13.0. The van der Waals surface area contributed by atoms with Crippen LogP contribution in [0.2, 0.25) is 0 Å². The van der Waals surface area contributed by atoms with Crippen molar-refractivity contribution < 1.29 is 14.3 Å². The molecular weight excluding hydrogens is 384 g/mol. The number of hydrogen-bond donors (Lipinski definition) is 1. The molecule has 0 aliphatic carbocycles. The van der Waals surface area contributed by atoms with Crippen molar-refractivity contribution in [1.82, 2.24) is 10.2 Å². The lowest BCUT2D eigenvalue weighted by Crippen LogP contribution is -2.48. The second-order valence-corrected chi connectivity index (χ2v) is 7.80. The van der Waals surface area contributed by atoms with Crippen molar-refractivity contribution in [2.75, 3.05) is 19.4 Å². The van der Waals surface area contributed by atoms with Crippen LogP contribution in [0, 0.1) is 0 Å². The van der Waals surface area contributed by atoms with Crippen molar-refractivity contribution in [2.24, 2.45) is 0 Å². The first-order chi connectivity index (χ1) is 14.0. The Morgan fingerprint density at radius 2 is 1.76 bits per heavy atom. The average Bonchev–Trinajstić information content (AvgIpc) is 2.76. The summed E-state index contributed by atoms with van der Waals surface area (Å²) in [5, 5.41) is 2.89. The third-order valence-corrected chi connectivity index (χ3v) is 5.55. The summed E-state index contributed by atoms with van der Waals surface area (Å²) in [4.78, 5) is 27.1. The largest absolute Gasteiger partial charge is 0.497 e. The van der Waals surface area contributed by atoms with E-state index < -0.39 is 6.04 Å². The lowest BCUT2D eigenvalue weighted by Gasteiger charge is -2.28. The maximum Gasteiger partial charge on any atom is 0.242 e. The molecule has 0 saturated heterocycles. The molecule has 2 aromatic rings. The predicted molar refractivity (Wildman–Crippen MR) is 119 cm³/mol. The summed E-state index contributed by atoms with van der Waals surface area (Å²) >= 11 is 1.56. The molecule has 5 nitrogen and oxygen atoms in total. The molecule has 1 atom stereocenters. The van der Waals surface area contributed by atoms with Gasteiger partial charge in [0.05, 0.1) is 12.9 Å². The van der Waals surface area contributed by atoms with E-state index in [1.807, 2.05) is 61.5 Å². The van der Waals surface area contributed by atoms with Crippen LogP contribution in [-0.4, -0.2) is 42.2 Å². The van der Waals surface area contributed by atoms with Crippen LogP contribution in [-0.2, 0) is 21.9 Å². The normalized spacial score (nSPS) is 11.6. The molecule has 0 fully saturated rings. The monoisotopic (exact) mass is 414 g/mol. The molecule has 0 aromatic heterocycles. The first-order valence-electron chi connectivity index (χ1n) is 9.87. The number of benzene rings is 2. The zero-order valence-corrected chi connectivity index (χ0v) is 18.2. The molecule has 0 saturated carbocycles. The van der Waals surface area contributed by atoms with Gasteiger partial charge in [-0.05, 0) is 36.6 Å². The van der Waals surface area contributed by atoms with E-state index in [-0.39, 0.29) is 11.8 Å². The second-order valence-electron chi connectivity index (χ2n) is 6.82. The van der Waals surface area contributed by atoms with Crippen LogP contribution in [0.3, 0.4) is 0 Å². The van der Waals surface area contributed by atoms with Crippen molar-refractivity contribution in [2.45, 2.75) is 38.6 Å². The molecule has 29 heavy (non-hydrogen) atoms. The van der Waals surface area contributed by atoms with E-state index in [9.17, 15) is 9.59 Å². The fraction of sp³-hybridized carbons (Fsp3) is 0.391. The van der Waals surface area contributed by atoms with E-state index in [1.165, 1.54) is 5.56 Å². The fourth-order valence-corrected chi connectivity index (χ4v) is 3.69. The Kier molecular flexibility index (Phi) is 9.57. The van der Waals surface area contributed by atoms with E-state index in [0.717, 1.165) is 23.5 Å². The standard InChI is InChI=1S/C23H30N2O3S/c1-4-14-24-23(27)18(2)25(15-19-10-12-21(28-3)13-11-19)22(26)17-29-16-20-8-6-5-7-9-20/h5-13,18H,4,14-17H2,1-3H3,(H,24,27)/t18-/m1/s1. The summed E-state index contributed by atoms with van der Waals surface area (Å²) in [6.07, 6.45) is 0.859. The van der Waals surface area contributed by atoms with Crippen molar-refractivity contribution in [1.29, 1.82) is 0 Å². The Morgan fingerprint density at radius 1 is 1.07 bits per heavy atom. The topological polar surface area (TPSA) is 58.6 Å². The van der Waals surface area contributed by atoms with Gasteiger partial charge in [0.15, 0.2) is 0 Å². The zero-order chi connectivity index (χ0) is 21.1. The molecule has 6 heteroatoms. The van der Waals surface area contributed by atoms with Gasteiger partial charge in [-0.25, -0.2) is 0 Å². The number of amides is 2. The van der Waals surface area contributed by atoms with Gasteiger partial charge in [-0.2, -0.15) is 0 Å². The van der Waals surface area contributed by atoms with E-state index in [2.05, 4.69) is 5.32 Å². The molecule has 156 valence electrons. The highest BCUT2D eigenvalue weighted by atomic mass is 32.2. The van der Waals surface area contributed by atoms with Gasteiger partial charge in [0, 0.05) is 18.8 Å². The Labute approximate surface area is 177 Å². The van der Waals surface area contributed by atoms with Crippen LogP contribution >= 0.6 is 11.8 Å². The van der Waals surface area contributed by atoms with Gasteiger partial charge in [0.25, 0.3) is 0 Å². The highest BCUT2D eigenvalue weighted by Crippen LogP contribution is 2.17. The number of rotatable bonds is 11. The lowest BCUT2D eigenvalue weighted by molar-refractivity contribution is -0.138. The van der Waals surface area contributed by atoms with Crippen LogP contribution in [0.4, 0.5) is 0 Å². The van der Waals surface area contributed by atoms with E-state index >= 15 is 0 Å². The first-order valence-corrected chi connectivity index (χ1v) is 11.0. The molecule has 0 heterocycles. The fourth-order valence-electron chi connectivity index (χ4n) is 2.82. The van der Waals surface area contributed by atoms with Gasteiger partial charge >= 0.3 is 0 Å². The number of nitrogens with one attached hydrogen (secondary N) is 1. The highest BCUT2D eigenvalue weighted by molar-refractivity contribution is 7.99. The van der Waals surface area contributed by atoms with Gasteiger partial charge in [-0.15, -0.1) is 11.8 Å². The minimum Gasteiger partial charge on any atom is -0.497 e. The predicted octanol–water partition coefficient (Wildman–Crippen LogP) is 3.87. The van der Waals surface area contributed by atoms with Gasteiger partial charge < -0.3 is 15.0 Å². The quantitative estimate of drug-likeness (QED) is 0.606. The summed E-state index contributed by atoms with van der Waals surface area (Å²) in [6, 6.07) is 17.1. The smallest absolute Gasteiger partial charge is 0.242 e. The maximum atomic E-state index is 13.0. The average molecular weight is 415 g/mol. The number of hydrogen-bond acceptors (Lipinski definition) is 4. The summed E-state index contributed by atoms with van der Waals surface area (Å²) in [7, 11) is 1.62. The van der Waals surface area contributed by atoms with Crippen molar-refractivity contribution in [3.05, 3.63) is 65.7 Å². The van der Waals surface area contributed by atoms with Gasteiger partial charge in [-0.3, -0.25) is 9.59 Å². The molecule has 2 amide bonds. The number of carbonyl (C=O) groups excluding carboxylic acids is 2. The summed E-state index contributed by atoms with van der Waals surface area (Å²) in [5.41, 5.74) is 2.14. The minimum absolute atomic E-state index is 0.0408. The Balaban J connectivity index is 2.04. The molecule has 0 aliphatic heterocycles. The number of carbonyl (C=O) groups is 2. The summed E-state index contributed by atoms with van der Waals surface area (Å²) in [6.45, 7) is 4.78. The zero-order valence-electron chi connectivity index (χ0n) is 17.4. The van der Waals surface area contributed by atoms with Crippen LogP contribution in [0.15, 0.2) is 54.6 Å². The molecule has 0 spiro atoms. The third kappa shape index (κ3) is 7.46. The van der Waals surface area contributed by atoms with Gasteiger partial charge in [0.1, 0.15) is 11.8 Å². The Hall–Kier alpha value is -2.47. The molecule has 0 unspecified atom stereocenters. The molecule has 0 bridgehead atoms. The number of ether oxygens (including phenoxy) is 1. The Morgan fingerprint density at radius 3 is 2.38 bits per heavy atom. The Bertz CT molecular complexity index is 765. The first kappa shape index (κ1) is 22.8. The molecule has 0 aliphatic rings. The van der Waals surface area contributed by atoms with E-state index in [4.69, 9.17) is 4.74 Å². The van der Waals surface area contributed by atoms with Gasteiger partial charge in [-0.1, -0.05) is 49.4 Å². The van der Waals surface area contributed by atoms with Crippen molar-refractivity contribution in [3.8, 4) is 5.75 Å². The third-order valence-electron chi connectivity index (χ3n) is 4.57. The lowest BCUT2D eigenvalue weighted by atomic mass is 10.1. The van der Waals surface area contributed by atoms with Crippen molar-refractivity contribution in [3.63, 3.8) is 0 Å². The molecule has 0 radical (unpaired) electrons. The summed E-state index contributed by atoms with van der Waals surface area (Å²) in [5.74, 6) is 1.69.